The highest BCUT2D eigenvalue weighted by molar-refractivity contribution is 7.22. The van der Waals surface area contributed by atoms with Crippen molar-refractivity contribution in [3.05, 3.63) is 34.2 Å². The lowest BCUT2D eigenvalue weighted by molar-refractivity contribution is 0.576. The van der Waals surface area contributed by atoms with Crippen molar-refractivity contribution in [2.45, 2.75) is 38.5 Å². The monoisotopic (exact) mass is 281 g/mol. The van der Waals surface area contributed by atoms with Gasteiger partial charge in [-0.2, -0.15) is 0 Å². The van der Waals surface area contributed by atoms with Crippen molar-refractivity contribution < 1.29 is 0 Å². The van der Waals surface area contributed by atoms with Crippen LogP contribution in [0.15, 0.2) is 24.3 Å². The van der Waals surface area contributed by atoms with Crippen LogP contribution in [0.4, 0.5) is 0 Å². The molecule has 0 spiro atoms. The Morgan fingerprint density at radius 1 is 1.28 bits per heavy atom. The molecule has 0 aliphatic rings. The normalized spacial score (nSPS) is 13.1. The number of hydrogen-bond acceptors (Lipinski definition) is 2. The molecule has 1 heterocycles. The minimum Gasteiger partial charge on any atom is -0.330 e. The Bertz CT molecular complexity index is 506. The minimum absolute atomic E-state index is 0.403. The van der Waals surface area contributed by atoms with Crippen molar-refractivity contribution in [2.75, 3.05) is 6.54 Å². The maximum atomic E-state index is 6.42. The van der Waals surface area contributed by atoms with Crippen molar-refractivity contribution in [1.82, 2.24) is 0 Å². The smallest absolute Gasteiger partial charge is 0.0976 e. The first-order valence-corrected chi connectivity index (χ1v) is 7.84. The van der Waals surface area contributed by atoms with Gasteiger partial charge >= 0.3 is 0 Å². The van der Waals surface area contributed by atoms with E-state index >= 15 is 0 Å². The van der Waals surface area contributed by atoms with Gasteiger partial charge in [-0.05, 0) is 35.9 Å². The van der Waals surface area contributed by atoms with Crippen LogP contribution in [0.5, 0.6) is 0 Å². The van der Waals surface area contributed by atoms with Crippen LogP contribution in [-0.4, -0.2) is 6.54 Å². The molecule has 0 saturated heterocycles. The second-order valence-corrected chi connectivity index (χ2v) is 6.37. The average Bonchev–Trinajstić information content (AvgIpc) is 2.71. The molecular weight excluding hydrogens is 262 g/mol. The SMILES string of the molecule is CCCCCC(CN)c1c(Cl)sc2ccccc12. The van der Waals surface area contributed by atoms with Crippen LogP contribution >= 0.6 is 22.9 Å². The number of nitrogens with two attached hydrogens (primary N) is 1. The van der Waals surface area contributed by atoms with Gasteiger partial charge in [0.1, 0.15) is 0 Å². The molecule has 1 aromatic heterocycles. The average molecular weight is 282 g/mol. The molecular formula is C15H20ClNS. The summed E-state index contributed by atoms with van der Waals surface area (Å²) in [4.78, 5) is 0. The fourth-order valence-electron chi connectivity index (χ4n) is 2.44. The van der Waals surface area contributed by atoms with Gasteiger partial charge in [0.15, 0.2) is 0 Å². The van der Waals surface area contributed by atoms with E-state index in [-0.39, 0.29) is 0 Å². The number of unbranched alkanes of at least 4 members (excludes halogenated alkanes) is 2. The summed E-state index contributed by atoms with van der Waals surface area (Å²) in [5, 5.41) is 1.29. The number of benzene rings is 1. The summed E-state index contributed by atoms with van der Waals surface area (Å²) in [7, 11) is 0. The molecule has 98 valence electrons. The van der Waals surface area contributed by atoms with Crippen molar-refractivity contribution in [1.29, 1.82) is 0 Å². The molecule has 1 atom stereocenters. The Morgan fingerprint density at radius 3 is 2.78 bits per heavy atom. The summed E-state index contributed by atoms with van der Waals surface area (Å²) in [5.41, 5.74) is 7.23. The van der Waals surface area contributed by atoms with E-state index in [9.17, 15) is 0 Å². The number of thiophene rings is 1. The van der Waals surface area contributed by atoms with E-state index in [0.29, 0.717) is 12.5 Å². The van der Waals surface area contributed by atoms with E-state index in [1.807, 2.05) is 0 Å². The molecule has 0 saturated carbocycles. The second-order valence-electron chi connectivity index (χ2n) is 4.71. The van der Waals surface area contributed by atoms with Crippen LogP contribution in [0.2, 0.25) is 4.34 Å². The van der Waals surface area contributed by atoms with Crippen molar-refractivity contribution in [2.24, 2.45) is 5.73 Å². The van der Waals surface area contributed by atoms with Crippen LogP contribution in [0.25, 0.3) is 10.1 Å². The Labute approximate surface area is 118 Å². The molecule has 2 N–H and O–H groups in total. The van der Waals surface area contributed by atoms with Gasteiger partial charge in [-0.15, -0.1) is 11.3 Å². The highest BCUT2D eigenvalue weighted by Gasteiger charge is 2.18. The van der Waals surface area contributed by atoms with E-state index in [2.05, 4.69) is 31.2 Å². The Morgan fingerprint density at radius 2 is 2.06 bits per heavy atom. The third kappa shape index (κ3) is 2.87. The molecule has 0 aliphatic heterocycles. The van der Waals surface area contributed by atoms with Crippen LogP contribution in [0, 0.1) is 0 Å². The highest BCUT2D eigenvalue weighted by atomic mass is 35.5. The molecule has 0 bridgehead atoms. The van der Waals surface area contributed by atoms with E-state index in [0.717, 1.165) is 10.8 Å². The molecule has 1 nitrogen and oxygen atoms in total. The Hall–Kier alpha value is -0.570. The van der Waals surface area contributed by atoms with E-state index in [4.69, 9.17) is 17.3 Å². The van der Waals surface area contributed by atoms with Gasteiger partial charge in [0.25, 0.3) is 0 Å². The van der Waals surface area contributed by atoms with E-state index in [1.165, 1.54) is 34.9 Å². The van der Waals surface area contributed by atoms with Crippen LogP contribution in [0.3, 0.4) is 0 Å². The molecule has 1 unspecified atom stereocenters. The summed E-state index contributed by atoms with van der Waals surface area (Å²) < 4.78 is 2.19. The second kappa shape index (κ2) is 6.55. The molecule has 3 heteroatoms. The number of hydrogen-bond donors (Lipinski definition) is 1. The standard InChI is InChI=1S/C15H20ClNS/c1-2-3-4-7-11(10-17)14-12-8-5-6-9-13(12)18-15(14)16/h5-6,8-9,11H,2-4,7,10,17H2,1H3. The molecule has 0 aliphatic carbocycles. The fraction of sp³-hybridized carbons (Fsp3) is 0.467. The third-order valence-corrected chi connectivity index (χ3v) is 4.85. The number of rotatable bonds is 6. The van der Waals surface area contributed by atoms with Crippen molar-refractivity contribution in [3.63, 3.8) is 0 Å². The third-order valence-electron chi connectivity index (χ3n) is 3.44. The predicted octanol–water partition coefficient (Wildman–Crippen LogP) is 5.18. The largest absolute Gasteiger partial charge is 0.330 e. The van der Waals surface area contributed by atoms with Gasteiger partial charge in [-0.3, -0.25) is 0 Å². The molecule has 0 fully saturated rings. The first-order valence-electron chi connectivity index (χ1n) is 6.65. The van der Waals surface area contributed by atoms with E-state index in [1.54, 1.807) is 11.3 Å². The topological polar surface area (TPSA) is 26.0 Å². The molecule has 2 rings (SSSR count). The molecule has 18 heavy (non-hydrogen) atoms. The predicted molar refractivity (Wildman–Crippen MR) is 82.8 cm³/mol. The summed E-state index contributed by atoms with van der Waals surface area (Å²) in [6, 6.07) is 8.44. The molecule has 0 amide bonds. The van der Waals surface area contributed by atoms with Gasteiger partial charge in [-0.25, -0.2) is 0 Å². The lowest BCUT2D eigenvalue weighted by atomic mass is 9.93. The van der Waals surface area contributed by atoms with Crippen LogP contribution in [-0.2, 0) is 0 Å². The molecule has 0 radical (unpaired) electrons. The maximum absolute atomic E-state index is 6.42. The quantitative estimate of drug-likeness (QED) is 0.726. The molecule has 1 aromatic carbocycles. The lowest BCUT2D eigenvalue weighted by Crippen LogP contribution is -2.12. The molecule has 2 aromatic rings. The Kier molecular flexibility index (Phi) is 5.04. The Balaban J connectivity index is 2.29. The minimum atomic E-state index is 0.403. The number of fused-ring (bicyclic) bond motifs is 1. The van der Waals surface area contributed by atoms with Crippen LogP contribution < -0.4 is 5.73 Å². The van der Waals surface area contributed by atoms with Crippen molar-refractivity contribution >= 4 is 33.0 Å². The van der Waals surface area contributed by atoms with Crippen molar-refractivity contribution in [3.8, 4) is 0 Å². The fourth-order valence-corrected chi connectivity index (χ4v) is 3.96. The van der Waals surface area contributed by atoms with Gasteiger partial charge in [0, 0.05) is 4.70 Å². The van der Waals surface area contributed by atoms with Gasteiger partial charge in [0.05, 0.1) is 4.34 Å². The van der Waals surface area contributed by atoms with Gasteiger partial charge in [0.2, 0.25) is 0 Å². The summed E-state index contributed by atoms with van der Waals surface area (Å²) in [6.45, 7) is 2.91. The number of halogens is 1. The zero-order chi connectivity index (χ0) is 13.0. The van der Waals surface area contributed by atoms with E-state index < -0.39 is 0 Å². The summed E-state index contributed by atoms with van der Waals surface area (Å²) in [6.07, 6.45) is 4.90. The maximum Gasteiger partial charge on any atom is 0.0976 e. The van der Waals surface area contributed by atoms with Crippen LogP contribution in [0.1, 0.15) is 44.1 Å². The summed E-state index contributed by atoms with van der Waals surface area (Å²) in [5.74, 6) is 0.403. The van der Waals surface area contributed by atoms with Gasteiger partial charge < -0.3 is 5.73 Å². The highest BCUT2D eigenvalue weighted by Crippen LogP contribution is 2.40. The zero-order valence-electron chi connectivity index (χ0n) is 10.8. The first-order chi connectivity index (χ1) is 8.77. The lowest BCUT2D eigenvalue weighted by Gasteiger charge is -2.14. The van der Waals surface area contributed by atoms with Gasteiger partial charge in [-0.1, -0.05) is 56.0 Å². The zero-order valence-corrected chi connectivity index (χ0v) is 12.4. The summed E-state index contributed by atoms with van der Waals surface area (Å²) >= 11 is 8.09. The first kappa shape index (κ1) is 13.9.